The number of nitrogens with one attached hydrogen (secondary N) is 1. The number of anilines is 4. The molecule has 3 aliphatic heterocycles. The average Bonchev–Trinajstić information content (AvgIpc) is 3.55. The Kier molecular flexibility index (Phi) is 6.38. The number of hydrogen-bond acceptors (Lipinski definition) is 8. The number of carbonyl (C=O) groups is 1. The molecule has 192 valence electrons. The van der Waals surface area contributed by atoms with Crippen LogP contribution in [0.4, 0.5) is 23.1 Å². The Hall–Kier alpha value is -3.72. The summed E-state index contributed by atoms with van der Waals surface area (Å²) in [5.74, 6) is 1.79. The summed E-state index contributed by atoms with van der Waals surface area (Å²) < 4.78 is 5.43. The van der Waals surface area contributed by atoms with Gasteiger partial charge in [0.05, 0.1) is 24.9 Å². The minimum Gasteiger partial charge on any atom is -0.378 e. The van der Waals surface area contributed by atoms with Gasteiger partial charge in [0.1, 0.15) is 5.82 Å². The molecule has 3 aromatic rings. The molecule has 3 aliphatic rings. The number of piperazine rings is 1. The van der Waals surface area contributed by atoms with Crippen molar-refractivity contribution in [1.29, 1.82) is 0 Å². The predicted molar refractivity (Wildman–Crippen MR) is 144 cm³/mol. The van der Waals surface area contributed by atoms with Crippen LogP contribution in [-0.4, -0.2) is 77.2 Å². The Labute approximate surface area is 217 Å². The zero-order valence-corrected chi connectivity index (χ0v) is 21.4. The number of ether oxygens (including phenoxy) is 1. The molecule has 1 N–H and O–H groups in total. The molecule has 2 unspecified atom stereocenters. The molecule has 2 aromatic heterocycles. The summed E-state index contributed by atoms with van der Waals surface area (Å²) in [5.41, 5.74) is 5.17. The van der Waals surface area contributed by atoms with Crippen molar-refractivity contribution in [2.24, 2.45) is 0 Å². The van der Waals surface area contributed by atoms with Crippen LogP contribution in [0, 0.1) is 6.92 Å². The normalized spacial score (nSPS) is 21.0. The maximum Gasteiger partial charge on any atom is 0.227 e. The average molecular weight is 500 g/mol. The van der Waals surface area contributed by atoms with E-state index >= 15 is 0 Å². The fraction of sp³-hybridized carbons (Fsp3) is 0.429. The Bertz CT molecular complexity index is 1280. The first-order chi connectivity index (χ1) is 18.1. The molecular formula is C28H33N7O2. The van der Waals surface area contributed by atoms with Gasteiger partial charge in [-0.3, -0.25) is 4.79 Å². The SMILES string of the molecule is CCC(=O)N1CC2CC1CN2c1ccc(Nc2nccc(-c3ccc(N4CCOCC4)nc3)n2)cc1C. The Morgan fingerprint density at radius 3 is 2.65 bits per heavy atom. The summed E-state index contributed by atoms with van der Waals surface area (Å²) in [6.07, 6.45) is 5.29. The van der Waals surface area contributed by atoms with Gasteiger partial charge in [0.25, 0.3) is 0 Å². The lowest BCUT2D eigenvalue weighted by molar-refractivity contribution is -0.131. The molecule has 0 spiro atoms. The summed E-state index contributed by atoms with van der Waals surface area (Å²) in [4.78, 5) is 32.8. The first-order valence-corrected chi connectivity index (χ1v) is 13.1. The quantitative estimate of drug-likeness (QED) is 0.550. The lowest BCUT2D eigenvalue weighted by Gasteiger charge is -2.36. The summed E-state index contributed by atoms with van der Waals surface area (Å²) >= 11 is 0. The van der Waals surface area contributed by atoms with E-state index in [-0.39, 0.29) is 5.91 Å². The summed E-state index contributed by atoms with van der Waals surface area (Å²) in [6.45, 7) is 9.03. The highest BCUT2D eigenvalue weighted by atomic mass is 16.5. The number of fused-ring (bicyclic) bond motifs is 2. The van der Waals surface area contributed by atoms with Gasteiger partial charge in [-0.2, -0.15) is 0 Å². The van der Waals surface area contributed by atoms with Gasteiger partial charge in [-0.25, -0.2) is 15.0 Å². The van der Waals surface area contributed by atoms with Gasteiger partial charge >= 0.3 is 0 Å². The largest absolute Gasteiger partial charge is 0.378 e. The number of likely N-dealkylation sites (tertiary alicyclic amines) is 1. The van der Waals surface area contributed by atoms with Gasteiger partial charge in [-0.15, -0.1) is 0 Å². The molecule has 1 aromatic carbocycles. The van der Waals surface area contributed by atoms with E-state index < -0.39 is 0 Å². The molecular weight excluding hydrogens is 466 g/mol. The highest BCUT2D eigenvalue weighted by Crippen LogP contribution is 2.37. The second kappa shape index (κ2) is 9.97. The Balaban J connectivity index is 1.13. The van der Waals surface area contributed by atoms with Crippen molar-refractivity contribution in [2.45, 2.75) is 38.8 Å². The van der Waals surface area contributed by atoms with Gasteiger partial charge in [0.15, 0.2) is 0 Å². The van der Waals surface area contributed by atoms with Gasteiger partial charge in [0, 0.05) is 68.0 Å². The van der Waals surface area contributed by atoms with Crippen LogP contribution in [0.3, 0.4) is 0 Å². The third-order valence-corrected chi connectivity index (χ3v) is 7.66. The van der Waals surface area contributed by atoms with Crippen molar-refractivity contribution in [1.82, 2.24) is 19.9 Å². The highest BCUT2D eigenvalue weighted by molar-refractivity contribution is 5.77. The molecule has 6 rings (SSSR count). The van der Waals surface area contributed by atoms with Crippen molar-refractivity contribution in [2.75, 3.05) is 54.5 Å². The number of morpholine rings is 1. The highest BCUT2D eigenvalue weighted by Gasteiger charge is 2.45. The summed E-state index contributed by atoms with van der Waals surface area (Å²) in [5, 5.41) is 3.36. The fourth-order valence-electron chi connectivity index (χ4n) is 5.75. The topological polar surface area (TPSA) is 86.7 Å². The summed E-state index contributed by atoms with van der Waals surface area (Å²) in [6, 6.07) is 13.1. The van der Waals surface area contributed by atoms with Crippen LogP contribution in [0.25, 0.3) is 11.3 Å². The zero-order chi connectivity index (χ0) is 25.4. The smallest absolute Gasteiger partial charge is 0.227 e. The third-order valence-electron chi connectivity index (χ3n) is 7.66. The van der Waals surface area contributed by atoms with Crippen LogP contribution in [0.15, 0.2) is 48.8 Å². The molecule has 1 amide bonds. The van der Waals surface area contributed by atoms with E-state index in [2.05, 4.69) is 61.2 Å². The van der Waals surface area contributed by atoms with E-state index in [1.54, 1.807) is 6.20 Å². The minimum atomic E-state index is 0.273. The predicted octanol–water partition coefficient (Wildman–Crippen LogP) is 3.63. The zero-order valence-electron chi connectivity index (χ0n) is 21.4. The lowest BCUT2D eigenvalue weighted by atomic mass is 10.1. The number of benzene rings is 1. The van der Waals surface area contributed by atoms with Gasteiger partial charge in [0.2, 0.25) is 11.9 Å². The fourth-order valence-corrected chi connectivity index (χ4v) is 5.75. The number of rotatable bonds is 6. The molecule has 9 heteroatoms. The Morgan fingerprint density at radius 2 is 1.95 bits per heavy atom. The maximum absolute atomic E-state index is 12.2. The van der Waals surface area contributed by atoms with Crippen molar-refractivity contribution in [3.8, 4) is 11.3 Å². The van der Waals surface area contributed by atoms with E-state index in [1.807, 2.05) is 25.3 Å². The second-order valence-corrected chi connectivity index (χ2v) is 9.99. The number of carbonyl (C=O) groups excluding carboxylic acids is 1. The molecule has 9 nitrogen and oxygen atoms in total. The molecule has 3 fully saturated rings. The Morgan fingerprint density at radius 1 is 1.08 bits per heavy atom. The molecule has 5 heterocycles. The maximum atomic E-state index is 12.2. The first kappa shape index (κ1) is 23.7. The van der Waals surface area contributed by atoms with Crippen LogP contribution in [0.5, 0.6) is 0 Å². The molecule has 2 atom stereocenters. The van der Waals surface area contributed by atoms with E-state index in [0.717, 1.165) is 68.6 Å². The van der Waals surface area contributed by atoms with Gasteiger partial charge in [-0.05, 0) is 55.3 Å². The van der Waals surface area contributed by atoms with Crippen LogP contribution in [0.2, 0.25) is 0 Å². The lowest BCUT2D eigenvalue weighted by Crippen LogP contribution is -2.48. The molecule has 3 saturated heterocycles. The number of aromatic nitrogens is 3. The third kappa shape index (κ3) is 4.71. The molecule has 0 aliphatic carbocycles. The van der Waals surface area contributed by atoms with Crippen molar-refractivity contribution < 1.29 is 9.53 Å². The van der Waals surface area contributed by atoms with Crippen molar-refractivity contribution in [3.63, 3.8) is 0 Å². The second-order valence-electron chi connectivity index (χ2n) is 9.99. The van der Waals surface area contributed by atoms with Crippen LogP contribution in [0.1, 0.15) is 25.3 Å². The van der Waals surface area contributed by atoms with Crippen molar-refractivity contribution in [3.05, 3.63) is 54.4 Å². The monoisotopic (exact) mass is 499 g/mol. The van der Waals surface area contributed by atoms with Crippen LogP contribution >= 0.6 is 0 Å². The van der Waals surface area contributed by atoms with Gasteiger partial charge < -0.3 is 24.8 Å². The minimum absolute atomic E-state index is 0.273. The molecule has 0 saturated carbocycles. The van der Waals surface area contributed by atoms with Crippen molar-refractivity contribution >= 4 is 29.0 Å². The first-order valence-electron chi connectivity index (χ1n) is 13.1. The van der Waals surface area contributed by atoms with Crippen LogP contribution in [-0.2, 0) is 9.53 Å². The van der Waals surface area contributed by atoms with E-state index in [4.69, 9.17) is 9.72 Å². The summed E-state index contributed by atoms with van der Waals surface area (Å²) in [7, 11) is 0. The van der Waals surface area contributed by atoms with Crippen LogP contribution < -0.4 is 15.1 Å². The standard InChI is InChI=1S/C28H33N7O2/c1-3-27(36)35-18-22-15-23(35)17-34(22)25-6-5-21(14-19(25)2)31-28-29-9-8-24(32-28)20-4-7-26(30-16-20)33-10-12-37-13-11-33/h4-9,14,16,22-23H,3,10-13,15,17-18H2,1-2H3,(H,29,31,32). The molecule has 2 bridgehead atoms. The molecule has 37 heavy (non-hydrogen) atoms. The number of pyridine rings is 1. The number of aryl methyl sites for hydroxylation is 1. The van der Waals surface area contributed by atoms with E-state index in [9.17, 15) is 4.79 Å². The van der Waals surface area contributed by atoms with Gasteiger partial charge in [-0.1, -0.05) is 6.92 Å². The molecule has 0 radical (unpaired) electrons. The van der Waals surface area contributed by atoms with E-state index in [0.29, 0.717) is 24.5 Å². The number of hydrogen-bond donors (Lipinski definition) is 1. The number of amides is 1. The van der Waals surface area contributed by atoms with E-state index in [1.165, 1.54) is 11.3 Å². The number of nitrogens with zero attached hydrogens (tertiary/aromatic N) is 6.